The van der Waals surface area contributed by atoms with Gasteiger partial charge in [-0.15, -0.1) is 24.0 Å². The minimum atomic E-state index is 0. The molecule has 0 fully saturated rings. The molecule has 2 heterocycles. The van der Waals surface area contributed by atoms with Gasteiger partial charge in [-0.25, -0.2) is 4.99 Å². The molecule has 0 spiro atoms. The lowest BCUT2D eigenvalue weighted by Crippen LogP contribution is -2.38. The predicted molar refractivity (Wildman–Crippen MR) is 136 cm³/mol. The maximum Gasteiger partial charge on any atom is 0.191 e. The molecule has 0 amide bonds. The van der Waals surface area contributed by atoms with E-state index in [9.17, 15) is 0 Å². The normalized spacial score (nSPS) is 11.3. The van der Waals surface area contributed by atoms with Crippen molar-refractivity contribution in [2.75, 3.05) is 20.1 Å². The molecular weight excluding hydrogens is 501 g/mol. The number of furan rings is 1. The minimum Gasteiger partial charge on any atom is -0.468 e. The summed E-state index contributed by atoms with van der Waals surface area (Å²) in [5.41, 5.74) is 3.58. The number of aromatic nitrogens is 1. The van der Waals surface area contributed by atoms with E-state index in [1.54, 1.807) is 6.26 Å². The number of hydrogen-bond acceptors (Lipinski definition) is 4. The Morgan fingerprint density at radius 2 is 1.81 bits per heavy atom. The van der Waals surface area contributed by atoms with E-state index in [1.807, 2.05) is 36.5 Å². The van der Waals surface area contributed by atoms with Crippen LogP contribution in [0, 0.1) is 0 Å². The zero-order valence-corrected chi connectivity index (χ0v) is 20.6. The van der Waals surface area contributed by atoms with Gasteiger partial charge in [0.1, 0.15) is 5.76 Å². The predicted octanol–water partition coefficient (Wildman–Crippen LogP) is 4.22. The smallest absolute Gasteiger partial charge is 0.191 e. The standard InChI is InChI=1S/C24H31N5O.HI/c1-3-25-24(27-15-13-22-11-6-7-14-26-22)28-17-20-9-4-5-10-21(20)18-29(2)19-23-12-8-16-30-23;/h4-12,14,16H,3,13,15,17-19H2,1-2H3,(H2,25,27,28);1H. The average Bonchev–Trinajstić information content (AvgIpc) is 3.26. The maximum atomic E-state index is 5.46. The van der Waals surface area contributed by atoms with Gasteiger partial charge in [0.25, 0.3) is 0 Å². The Kier molecular flexibility index (Phi) is 11.1. The summed E-state index contributed by atoms with van der Waals surface area (Å²) in [6.45, 7) is 5.94. The average molecular weight is 533 g/mol. The van der Waals surface area contributed by atoms with Crippen molar-refractivity contribution in [3.8, 4) is 0 Å². The number of hydrogen-bond donors (Lipinski definition) is 2. The molecule has 2 N–H and O–H groups in total. The van der Waals surface area contributed by atoms with E-state index in [4.69, 9.17) is 9.41 Å². The van der Waals surface area contributed by atoms with E-state index >= 15 is 0 Å². The summed E-state index contributed by atoms with van der Waals surface area (Å²) in [5, 5.41) is 6.73. The molecule has 31 heavy (non-hydrogen) atoms. The highest BCUT2D eigenvalue weighted by Crippen LogP contribution is 2.14. The number of aliphatic imine (C=N–C) groups is 1. The zero-order valence-electron chi connectivity index (χ0n) is 18.3. The highest BCUT2D eigenvalue weighted by molar-refractivity contribution is 14.0. The first-order chi connectivity index (χ1) is 14.7. The third kappa shape index (κ3) is 8.70. The summed E-state index contributed by atoms with van der Waals surface area (Å²) in [6.07, 6.45) is 4.41. The Labute approximate surface area is 202 Å². The molecule has 0 aliphatic heterocycles. The Balaban J connectivity index is 0.00000341. The van der Waals surface area contributed by atoms with Gasteiger partial charge in [-0.05, 0) is 49.4 Å². The molecule has 0 saturated carbocycles. The third-order valence-electron chi connectivity index (χ3n) is 4.72. The van der Waals surface area contributed by atoms with E-state index in [0.717, 1.165) is 50.0 Å². The van der Waals surface area contributed by atoms with Crippen LogP contribution in [0.3, 0.4) is 0 Å². The molecule has 7 heteroatoms. The van der Waals surface area contributed by atoms with Crippen molar-refractivity contribution >= 4 is 29.9 Å². The van der Waals surface area contributed by atoms with Crippen LogP contribution in [-0.2, 0) is 26.1 Å². The van der Waals surface area contributed by atoms with Crippen LogP contribution in [0.25, 0.3) is 0 Å². The van der Waals surface area contributed by atoms with Crippen molar-refractivity contribution < 1.29 is 4.42 Å². The molecule has 0 bridgehead atoms. The number of nitrogens with zero attached hydrogens (tertiary/aromatic N) is 3. The Bertz CT molecular complexity index is 899. The molecule has 0 radical (unpaired) electrons. The van der Waals surface area contributed by atoms with E-state index in [0.29, 0.717) is 6.54 Å². The number of nitrogens with one attached hydrogen (secondary N) is 2. The van der Waals surface area contributed by atoms with E-state index in [1.165, 1.54) is 11.1 Å². The van der Waals surface area contributed by atoms with Gasteiger partial charge in [-0.3, -0.25) is 9.88 Å². The largest absolute Gasteiger partial charge is 0.468 e. The summed E-state index contributed by atoms with van der Waals surface area (Å²) in [7, 11) is 2.10. The van der Waals surface area contributed by atoms with Crippen LogP contribution in [0.15, 0.2) is 76.5 Å². The Morgan fingerprint density at radius 3 is 2.52 bits per heavy atom. The number of pyridine rings is 1. The zero-order chi connectivity index (χ0) is 21.0. The molecule has 166 valence electrons. The fraction of sp³-hybridized carbons (Fsp3) is 0.333. The lowest BCUT2D eigenvalue weighted by Gasteiger charge is -2.17. The first-order valence-electron chi connectivity index (χ1n) is 10.4. The van der Waals surface area contributed by atoms with E-state index < -0.39 is 0 Å². The first kappa shape index (κ1) is 24.9. The van der Waals surface area contributed by atoms with Crippen molar-refractivity contribution in [1.82, 2.24) is 20.5 Å². The van der Waals surface area contributed by atoms with Gasteiger partial charge in [-0.2, -0.15) is 0 Å². The van der Waals surface area contributed by atoms with Gasteiger partial charge in [0, 0.05) is 37.9 Å². The molecule has 0 atom stereocenters. The number of halogens is 1. The number of guanidine groups is 1. The molecular formula is C24H32IN5O. The topological polar surface area (TPSA) is 65.7 Å². The number of benzene rings is 1. The third-order valence-corrected chi connectivity index (χ3v) is 4.72. The summed E-state index contributed by atoms with van der Waals surface area (Å²) in [5.74, 6) is 1.80. The molecule has 0 saturated heterocycles. The van der Waals surface area contributed by atoms with E-state index in [2.05, 4.69) is 58.8 Å². The van der Waals surface area contributed by atoms with Crippen LogP contribution in [-0.4, -0.2) is 36.0 Å². The Morgan fingerprint density at radius 1 is 1.00 bits per heavy atom. The molecule has 2 aromatic heterocycles. The summed E-state index contributed by atoms with van der Waals surface area (Å²) < 4.78 is 5.46. The second kappa shape index (κ2) is 13.8. The highest BCUT2D eigenvalue weighted by atomic mass is 127. The van der Waals surface area contributed by atoms with Gasteiger partial charge in [0.2, 0.25) is 0 Å². The van der Waals surface area contributed by atoms with Gasteiger partial charge in [0.15, 0.2) is 5.96 Å². The highest BCUT2D eigenvalue weighted by Gasteiger charge is 2.08. The summed E-state index contributed by atoms with van der Waals surface area (Å²) >= 11 is 0. The van der Waals surface area contributed by atoms with Crippen LogP contribution < -0.4 is 10.6 Å². The van der Waals surface area contributed by atoms with Gasteiger partial charge in [0.05, 0.1) is 19.4 Å². The van der Waals surface area contributed by atoms with Crippen molar-refractivity contribution in [3.63, 3.8) is 0 Å². The Hall–Kier alpha value is -2.39. The van der Waals surface area contributed by atoms with Crippen LogP contribution in [0.1, 0.15) is 29.5 Å². The van der Waals surface area contributed by atoms with Crippen LogP contribution >= 0.6 is 24.0 Å². The first-order valence-corrected chi connectivity index (χ1v) is 10.4. The van der Waals surface area contributed by atoms with Crippen molar-refractivity contribution in [1.29, 1.82) is 0 Å². The quantitative estimate of drug-likeness (QED) is 0.232. The monoisotopic (exact) mass is 533 g/mol. The molecule has 1 aromatic carbocycles. The maximum absolute atomic E-state index is 5.46. The fourth-order valence-electron chi connectivity index (χ4n) is 3.24. The van der Waals surface area contributed by atoms with Gasteiger partial charge in [-0.1, -0.05) is 30.3 Å². The molecule has 3 rings (SSSR count). The molecule has 0 aliphatic rings. The second-order valence-corrected chi connectivity index (χ2v) is 7.21. The van der Waals surface area contributed by atoms with Crippen molar-refractivity contribution in [3.05, 3.63) is 89.6 Å². The molecule has 0 aliphatic carbocycles. The second-order valence-electron chi connectivity index (χ2n) is 7.21. The lowest BCUT2D eigenvalue weighted by atomic mass is 10.1. The van der Waals surface area contributed by atoms with Gasteiger partial charge < -0.3 is 15.1 Å². The van der Waals surface area contributed by atoms with Crippen LogP contribution in [0.2, 0.25) is 0 Å². The fourth-order valence-corrected chi connectivity index (χ4v) is 3.24. The van der Waals surface area contributed by atoms with Crippen LogP contribution in [0.4, 0.5) is 0 Å². The van der Waals surface area contributed by atoms with E-state index in [-0.39, 0.29) is 24.0 Å². The molecule has 0 unspecified atom stereocenters. The molecule has 6 nitrogen and oxygen atoms in total. The SMILES string of the molecule is CCNC(=NCc1ccccc1CN(C)Cc1ccco1)NCCc1ccccn1.I. The van der Waals surface area contributed by atoms with Crippen molar-refractivity contribution in [2.45, 2.75) is 33.0 Å². The van der Waals surface area contributed by atoms with Crippen molar-refractivity contribution in [2.24, 2.45) is 4.99 Å². The summed E-state index contributed by atoms with van der Waals surface area (Å²) in [6, 6.07) is 18.4. The summed E-state index contributed by atoms with van der Waals surface area (Å²) in [4.78, 5) is 11.4. The molecule has 3 aromatic rings. The van der Waals surface area contributed by atoms with Gasteiger partial charge >= 0.3 is 0 Å². The van der Waals surface area contributed by atoms with Crippen LogP contribution in [0.5, 0.6) is 0 Å². The minimum absolute atomic E-state index is 0. The lowest BCUT2D eigenvalue weighted by molar-refractivity contribution is 0.287. The number of rotatable bonds is 10.